The molecule has 0 spiro atoms. The highest BCUT2D eigenvalue weighted by atomic mass is 35.5. The number of hydrogen-bond acceptors (Lipinski definition) is 1. The monoisotopic (exact) mass is 406 g/mol. The lowest BCUT2D eigenvalue weighted by atomic mass is 10.1. The second-order valence-corrected chi connectivity index (χ2v) is 13.4. The number of terminal acetylenes is 1. The van der Waals surface area contributed by atoms with Gasteiger partial charge in [-0.25, -0.2) is 0 Å². The summed E-state index contributed by atoms with van der Waals surface area (Å²) in [5, 5.41) is 13.3. The van der Waals surface area contributed by atoms with Crippen LogP contribution in [0.25, 0.3) is 0 Å². The van der Waals surface area contributed by atoms with E-state index < -0.39 is 13.7 Å². The quantitative estimate of drug-likeness (QED) is 0.588. The van der Waals surface area contributed by atoms with Gasteiger partial charge in [-0.1, -0.05) is 111 Å². The van der Waals surface area contributed by atoms with Crippen molar-refractivity contribution in [2.75, 3.05) is 0 Å². The minimum Gasteiger partial charge on any atom is -0.378 e. The molecule has 0 saturated carbocycles. The molecule has 0 aromatic heterocycles. The molecule has 0 aliphatic carbocycles. The van der Waals surface area contributed by atoms with E-state index in [-0.39, 0.29) is 5.04 Å². The first-order valence-electron chi connectivity index (χ1n) is 9.27. The Kier molecular flexibility index (Phi) is 6.63. The summed E-state index contributed by atoms with van der Waals surface area (Å²) in [7, 11) is -2.71. The van der Waals surface area contributed by atoms with Crippen LogP contribution in [-0.4, -0.2) is 18.8 Å². The molecule has 0 saturated heterocycles. The smallest absolute Gasteiger partial charge is 0.166 e. The highest BCUT2D eigenvalue weighted by molar-refractivity contribution is 7.10. The molecule has 2 rings (SSSR count). The number of rotatable bonds is 3. The van der Waals surface area contributed by atoms with Crippen molar-refractivity contribution < 1.29 is 5.11 Å². The van der Waals surface area contributed by atoms with E-state index in [1.54, 1.807) is 13.8 Å². The second kappa shape index (κ2) is 8.42. The van der Waals surface area contributed by atoms with Crippen LogP contribution >= 0.6 is 11.6 Å². The van der Waals surface area contributed by atoms with Crippen LogP contribution in [0.5, 0.6) is 0 Å². The zero-order valence-electron chi connectivity index (χ0n) is 17.2. The molecule has 0 unspecified atom stereocenters. The predicted octanol–water partition coefficient (Wildman–Crippen LogP) is 4.49. The Hall–Kier alpha value is -2.23. The van der Waals surface area contributed by atoms with Gasteiger partial charge in [0.25, 0.3) is 0 Å². The van der Waals surface area contributed by atoms with E-state index in [1.807, 2.05) is 36.4 Å². The predicted molar refractivity (Wildman–Crippen MR) is 123 cm³/mol. The number of benzene rings is 2. The van der Waals surface area contributed by atoms with E-state index >= 15 is 0 Å². The Balaban J connectivity index is 2.99. The van der Waals surface area contributed by atoms with E-state index in [2.05, 4.69) is 62.8 Å². The fourth-order valence-corrected chi connectivity index (χ4v) is 9.59. The molecule has 0 radical (unpaired) electrons. The molecule has 0 aliphatic rings. The summed E-state index contributed by atoms with van der Waals surface area (Å²) in [6, 6.07) is 20.7. The average Bonchev–Trinajstić information content (AvgIpc) is 2.64. The van der Waals surface area contributed by atoms with Gasteiger partial charge in [0.05, 0.1) is 5.03 Å². The SMILES string of the molecule is C#C/C(=C(\Cl)C#CC(C)(C)O)[Si](c1ccccc1)(c1ccccc1)C(C)(C)C. The Bertz CT molecular complexity index is 904. The first-order chi connectivity index (χ1) is 13.0. The molecule has 2 aromatic rings. The average molecular weight is 407 g/mol. The zero-order chi connectivity index (χ0) is 21.0. The summed E-state index contributed by atoms with van der Waals surface area (Å²) in [6.07, 6.45) is 6.08. The highest BCUT2D eigenvalue weighted by Gasteiger charge is 2.51. The lowest BCUT2D eigenvalue weighted by Crippen LogP contribution is -2.66. The van der Waals surface area contributed by atoms with Gasteiger partial charge in [0.1, 0.15) is 5.60 Å². The van der Waals surface area contributed by atoms with Crippen LogP contribution in [0.3, 0.4) is 0 Å². The third-order valence-electron chi connectivity index (χ3n) is 4.76. The zero-order valence-corrected chi connectivity index (χ0v) is 18.9. The van der Waals surface area contributed by atoms with Gasteiger partial charge < -0.3 is 5.11 Å². The maximum atomic E-state index is 10.0. The first-order valence-corrected chi connectivity index (χ1v) is 11.7. The van der Waals surface area contributed by atoms with Crippen molar-refractivity contribution in [3.63, 3.8) is 0 Å². The molecule has 0 heterocycles. The molecule has 1 nitrogen and oxygen atoms in total. The molecular weight excluding hydrogens is 380 g/mol. The van der Waals surface area contributed by atoms with Crippen molar-refractivity contribution in [2.24, 2.45) is 0 Å². The van der Waals surface area contributed by atoms with Crippen molar-refractivity contribution in [1.82, 2.24) is 0 Å². The molecule has 0 aliphatic heterocycles. The van der Waals surface area contributed by atoms with Crippen molar-refractivity contribution in [2.45, 2.75) is 45.3 Å². The molecule has 28 heavy (non-hydrogen) atoms. The Morgan fingerprint density at radius 2 is 1.32 bits per heavy atom. The fraction of sp³-hybridized carbons (Fsp3) is 0.280. The summed E-state index contributed by atoms with van der Waals surface area (Å²) >= 11 is 6.73. The number of hydrogen-bond donors (Lipinski definition) is 1. The van der Waals surface area contributed by atoms with Crippen LogP contribution in [0.4, 0.5) is 0 Å². The van der Waals surface area contributed by atoms with Gasteiger partial charge in [0, 0.05) is 5.20 Å². The van der Waals surface area contributed by atoms with Crippen LogP contribution < -0.4 is 10.4 Å². The minimum absolute atomic E-state index is 0.173. The molecule has 144 valence electrons. The van der Waals surface area contributed by atoms with E-state index in [0.29, 0.717) is 5.03 Å². The molecule has 0 bridgehead atoms. The number of aliphatic hydroxyl groups is 1. The van der Waals surface area contributed by atoms with Gasteiger partial charge in [-0.3, -0.25) is 0 Å². The standard InChI is InChI=1S/C25H27ClOSi/c1-7-23(22(26)18-19-25(5,6)27)28(24(2,3)4,20-14-10-8-11-15-20)21-16-12-9-13-17-21/h1,8-17,27H,2-6H3/b23-22+. The van der Waals surface area contributed by atoms with E-state index in [9.17, 15) is 5.11 Å². The number of halogens is 1. The van der Waals surface area contributed by atoms with Crippen LogP contribution in [0.2, 0.25) is 5.04 Å². The summed E-state index contributed by atoms with van der Waals surface area (Å²) in [4.78, 5) is 0. The van der Waals surface area contributed by atoms with Crippen molar-refractivity contribution in [3.05, 3.63) is 70.9 Å². The molecule has 0 atom stereocenters. The molecular formula is C25H27ClOSi. The van der Waals surface area contributed by atoms with Crippen LogP contribution in [0, 0.1) is 24.2 Å². The van der Waals surface area contributed by atoms with Crippen LogP contribution in [0.15, 0.2) is 70.9 Å². The summed E-state index contributed by atoms with van der Waals surface area (Å²) < 4.78 is 0. The largest absolute Gasteiger partial charge is 0.378 e. The van der Waals surface area contributed by atoms with Crippen molar-refractivity contribution in [3.8, 4) is 24.2 Å². The fourth-order valence-electron chi connectivity index (χ4n) is 3.68. The summed E-state index contributed by atoms with van der Waals surface area (Å²) in [6.45, 7) is 9.89. The maximum absolute atomic E-state index is 10.0. The third kappa shape index (κ3) is 4.42. The van der Waals surface area contributed by atoms with Gasteiger partial charge >= 0.3 is 0 Å². The Morgan fingerprint density at radius 1 is 0.893 bits per heavy atom. The molecule has 0 amide bonds. The molecule has 3 heteroatoms. The Labute approximate surface area is 175 Å². The van der Waals surface area contributed by atoms with E-state index in [0.717, 1.165) is 5.20 Å². The summed E-state index contributed by atoms with van der Waals surface area (Å²) in [5.41, 5.74) is -1.15. The lowest BCUT2D eigenvalue weighted by Gasteiger charge is -2.44. The molecule has 0 fully saturated rings. The van der Waals surface area contributed by atoms with Crippen LogP contribution in [-0.2, 0) is 0 Å². The third-order valence-corrected chi connectivity index (χ3v) is 11.0. The summed E-state index contributed by atoms with van der Waals surface area (Å²) in [5.74, 6) is 8.64. The highest BCUT2D eigenvalue weighted by Crippen LogP contribution is 2.41. The van der Waals surface area contributed by atoms with Crippen molar-refractivity contribution in [1.29, 1.82) is 0 Å². The molecule has 2 aromatic carbocycles. The number of allylic oxidation sites excluding steroid dienone is 2. The topological polar surface area (TPSA) is 20.2 Å². The second-order valence-electron chi connectivity index (χ2n) is 8.37. The first kappa shape index (κ1) is 22.1. The minimum atomic E-state index is -2.71. The van der Waals surface area contributed by atoms with Gasteiger partial charge in [-0.15, -0.1) is 6.42 Å². The van der Waals surface area contributed by atoms with Gasteiger partial charge in [-0.2, -0.15) is 0 Å². The van der Waals surface area contributed by atoms with Crippen molar-refractivity contribution >= 4 is 30.0 Å². The van der Waals surface area contributed by atoms with E-state index in [1.165, 1.54) is 10.4 Å². The van der Waals surface area contributed by atoms with Gasteiger partial charge in [0.2, 0.25) is 0 Å². The van der Waals surface area contributed by atoms with Gasteiger partial charge in [-0.05, 0) is 29.3 Å². The maximum Gasteiger partial charge on any atom is 0.166 e. The van der Waals surface area contributed by atoms with E-state index in [4.69, 9.17) is 18.0 Å². The van der Waals surface area contributed by atoms with Gasteiger partial charge in [0.15, 0.2) is 8.07 Å². The normalized spacial score (nSPS) is 13.1. The Morgan fingerprint density at radius 3 is 1.64 bits per heavy atom. The lowest BCUT2D eigenvalue weighted by molar-refractivity contribution is 0.143. The molecule has 1 N–H and O–H groups in total. The van der Waals surface area contributed by atoms with Crippen LogP contribution in [0.1, 0.15) is 34.6 Å².